The van der Waals surface area contributed by atoms with Gasteiger partial charge in [-0.05, 0) is 164 Å². The molecule has 8 rings (SSSR count). The zero-order chi connectivity index (χ0) is 51.3. The molecule has 0 spiro atoms. The van der Waals surface area contributed by atoms with E-state index in [9.17, 15) is 0 Å². The van der Waals surface area contributed by atoms with Gasteiger partial charge in [0.05, 0.1) is 0 Å². The quantitative estimate of drug-likeness (QED) is 0.161. The van der Waals surface area contributed by atoms with Gasteiger partial charge >= 0.3 is 0 Å². The molecule has 364 valence electrons. The Kier molecular flexibility index (Phi) is 12.5. The number of hydrogen-bond donors (Lipinski definition) is 0. The molecule has 0 saturated carbocycles. The smallest absolute Gasteiger partial charge is 0.0470 e. The minimum absolute atomic E-state index is 0.0204. The van der Waals surface area contributed by atoms with Crippen molar-refractivity contribution in [2.45, 2.75) is 176 Å². The fraction of sp³-hybridized carbons (Fsp3) is 0.391. The molecule has 1 heteroatoms. The molecule has 0 fully saturated rings. The minimum Gasteiger partial charge on any atom is -0.310 e. The van der Waals surface area contributed by atoms with Gasteiger partial charge in [0.15, 0.2) is 0 Å². The summed E-state index contributed by atoms with van der Waals surface area (Å²) in [5.41, 5.74) is 24.3. The van der Waals surface area contributed by atoms with Crippen molar-refractivity contribution in [3.05, 3.63) is 184 Å². The van der Waals surface area contributed by atoms with Crippen LogP contribution in [0.3, 0.4) is 0 Å². The maximum atomic E-state index is 2.55. The zero-order valence-electron chi connectivity index (χ0n) is 46.7. The highest BCUT2D eigenvalue weighted by Crippen LogP contribution is 2.52. The van der Waals surface area contributed by atoms with Crippen molar-refractivity contribution in [1.29, 1.82) is 0 Å². The number of nitrogens with zero attached hydrogens (tertiary/aromatic N) is 1. The van der Waals surface area contributed by atoms with Crippen molar-refractivity contribution in [2.24, 2.45) is 0 Å². The van der Waals surface area contributed by atoms with Gasteiger partial charge in [0.2, 0.25) is 0 Å². The molecule has 0 bridgehead atoms. The van der Waals surface area contributed by atoms with Gasteiger partial charge in [0.1, 0.15) is 0 Å². The van der Waals surface area contributed by atoms with E-state index in [1.54, 1.807) is 0 Å². The zero-order valence-corrected chi connectivity index (χ0v) is 46.7. The summed E-state index contributed by atoms with van der Waals surface area (Å²) in [6.45, 7) is 46.8. The van der Waals surface area contributed by atoms with Crippen LogP contribution in [0.1, 0.15) is 183 Å². The van der Waals surface area contributed by atoms with E-state index in [2.05, 4.69) is 283 Å². The molecule has 0 amide bonds. The van der Waals surface area contributed by atoms with Crippen LogP contribution in [0.25, 0.3) is 44.5 Å². The first kappa shape index (κ1) is 50.7. The number of hydrogen-bond acceptors (Lipinski definition) is 1. The number of anilines is 3. The maximum absolute atomic E-state index is 2.55. The van der Waals surface area contributed by atoms with Gasteiger partial charge in [0, 0.05) is 22.5 Å². The van der Waals surface area contributed by atoms with Crippen LogP contribution in [0.2, 0.25) is 0 Å². The summed E-state index contributed by atoms with van der Waals surface area (Å²) in [7, 11) is 0. The Hall–Kier alpha value is -5.66. The molecule has 7 aromatic carbocycles. The Labute approximate surface area is 424 Å². The second kappa shape index (κ2) is 17.3. The summed E-state index contributed by atoms with van der Waals surface area (Å²) in [5, 5.41) is 0. The third-order valence-corrected chi connectivity index (χ3v) is 15.1. The largest absolute Gasteiger partial charge is 0.310 e. The number of benzene rings is 7. The summed E-state index contributed by atoms with van der Waals surface area (Å²) in [4.78, 5) is 2.55. The van der Waals surface area contributed by atoms with Crippen LogP contribution >= 0.6 is 0 Å². The van der Waals surface area contributed by atoms with E-state index in [1.165, 1.54) is 106 Å². The Balaban J connectivity index is 1.30. The van der Waals surface area contributed by atoms with Crippen molar-refractivity contribution >= 4 is 17.1 Å². The fourth-order valence-corrected chi connectivity index (χ4v) is 10.1. The van der Waals surface area contributed by atoms with E-state index >= 15 is 0 Å². The molecule has 7 aromatic rings. The molecule has 0 aliphatic heterocycles. The molecule has 0 unspecified atom stereocenters. The van der Waals surface area contributed by atoms with Crippen LogP contribution in [0, 0.1) is 0 Å². The second-order valence-corrected chi connectivity index (χ2v) is 27.4. The first-order valence-corrected chi connectivity index (χ1v) is 26.0. The third kappa shape index (κ3) is 10.1. The van der Waals surface area contributed by atoms with E-state index in [0.29, 0.717) is 0 Å². The molecule has 0 aromatic heterocycles. The Morgan fingerprint density at radius 2 is 0.600 bits per heavy atom. The highest BCUT2D eigenvalue weighted by atomic mass is 15.1. The lowest BCUT2D eigenvalue weighted by Gasteiger charge is -2.33. The molecule has 70 heavy (non-hydrogen) atoms. The van der Waals surface area contributed by atoms with Gasteiger partial charge < -0.3 is 4.90 Å². The van der Waals surface area contributed by atoms with Crippen LogP contribution in [0.4, 0.5) is 17.1 Å². The Morgan fingerprint density at radius 3 is 1.04 bits per heavy atom. The normalized spacial score (nSPS) is 14.1. The first-order chi connectivity index (χ1) is 32.2. The summed E-state index contributed by atoms with van der Waals surface area (Å²) < 4.78 is 0. The molecule has 1 aliphatic rings. The van der Waals surface area contributed by atoms with Gasteiger partial charge in [0.25, 0.3) is 0 Å². The van der Waals surface area contributed by atoms with Crippen LogP contribution in [-0.4, -0.2) is 0 Å². The van der Waals surface area contributed by atoms with Gasteiger partial charge in [-0.1, -0.05) is 236 Å². The lowest BCUT2D eigenvalue weighted by Crippen LogP contribution is -2.20. The average Bonchev–Trinajstić information content (AvgIpc) is 3.49. The van der Waals surface area contributed by atoms with E-state index in [-0.39, 0.29) is 37.9 Å². The summed E-state index contributed by atoms with van der Waals surface area (Å²) >= 11 is 0. The standard InChI is InChI=1S/C69H83N/c1-63(2,3)50-32-46(31-47(33-50)48-34-51(64(4,5)6)38-52(35-48)65(7,8)9)44-25-27-45(28-26-44)49-36-53(66(10,11)12)40-57(37-49)70(58-41-54(67(13,14)15)39-55(42-58)68(16,17)18)56-29-30-60-59-23-21-22-24-61(59)69(19,20)62(60)43-56/h21-43H,1-20H3. The van der Waals surface area contributed by atoms with Crippen molar-refractivity contribution in [3.8, 4) is 44.5 Å². The minimum atomic E-state index is -0.128. The lowest BCUT2D eigenvalue weighted by atomic mass is 9.78. The van der Waals surface area contributed by atoms with Crippen LogP contribution in [-0.2, 0) is 37.9 Å². The molecule has 0 N–H and O–H groups in total. The molecule has 0 heterocycles. The highest BCUT2D eigenvalue weighted by Gasteiger charge is 2.36. The van der Waals surface area contributed by atoms with Crippen molar-refractivity contribution in [1.82, 2.24) is 0 Å². The van der Waals surface area contributed by atoms with Crippen LogP contribution in [0.5, 0.6) is 0 Å². The molecule has 0 atom stereocenters. The summed E-state index contributed by atoms with van der Waals surface area (Å²) in [5.74, 6) is 0. The predicted octanol–water partition coefficient (Wildman–Crippen LogP) is 20.2. The SMILES string of the molecule is CC(C)(C)c1cc(-c2ccc(-c3cc(N(c4cc(C(C)(C)C)cc(C(C)(C)C)c4)c4ccc5c(c4)C(C)(C)c4ccccc4-5)cc(C(C)(C)C)c3)cc2)cc(-c2cc(C(C)(C)C)cc(C(C)(C)C)c2)c1. The topological polar surface area (TPSA) is 3.24 Å². The Bertz CT molecular complexity index is 3020. The monoisotopic (exact) mass is 926 g/mol. The van der Waals surface area contributed by atoms with Gasteiger partial charge in [-0.2, -0.15) is 0 Å². The van der Waals surface area contributed by atoms with E-state index in [1.807, 2.05) is 0 Å². The second-order valence-electron chi connectivity index (χ2n) is 27.4. The lowest BCUT2D eigenvalue weighted by molar-refractivity contribution is 0.568. The molecule has 1 aliphatic carbocycles. The van der Waals surface area contributed by atoms with Gasteiger partial charge in [-0.3, -0.25) is 0 Å². The van der Waals surface area contributed by atoms with Crippen LogP contribution < -0.4 is 4.90 Å². The highest BCUT2D eigenvalue weighted by molar-refractivity contribution is 5.87. The first-order valence-electron chi connectivity index (χ1n) is 26.0. The van der Waals surface area contributed by atoms with Gasteiger partial charge in [-0.15, -0.1) is 0 Å². The molecule has 1 nitrogen and oxygen atoms in total. The Morgan fingerprint density at radius 1 is 0.271 bits per heavy atom. The summed E-state index contributed by atoms with van der Waals surface area (Å²) in [6.07, 6.45) is 0. The van der Waals surface area contributed by atoms with E-state index < -0.39 is 0 Å². The molecule has 0 radical (unpaired) electrons. The van der Waals surface area contributed by atoms with E-state index in [0.717, 1.165) is 0 Å². The van der Waals surface area contributed by atoms with E-state index in [4.69, 9.17) is 0 Å². The molecular weight excluding hydrogens is 843 g/mol. The maximum Gasteiger partial charge on any atom is 0.0470 e. The number of rotatable bonds is 6. The summed E-state index contributed by atoms with van der Waals surface area (Å²) in [6, 6.07) is 54.8. The fourth-order valence-electron chi connectivity index (χ4n) is 10.1. The van der Waals surface area contributed by atoms with Gasteiger partial charge in [-0.25, -0.2) is 0 Å². The van der Waals surface area contributed by atoms with Crippen molar-refractivity contribution < 1.29 is 0 Å². The van der Waals surface area contributed by atoms with Crippen molar-refractivity contribution in [3.63, 3.8) is 0 Å². The predicted molar refractivity (Wildman–Crippen MR) is 307 cm³/mol. The third-order valence-electron chi connectivity index (χ3n) is 15.1. The molecular formula is C69H83N. The average molecular weight is 926 g/mol. The number of fused-ring (bicyclic) bond motifs is 3. The van der Waals surface area contributed by atoms with Crippen molar-refractivity contribution in [2.75, 3.05) is 4.90 Å². The molecule has 0 saturated heterocycles. The van der Waals surface area contributed by atoms with Crippen LogP contribution in [0.15, 0.2) is 140 Å².